The van der Waals surface area contributed by atoms with Gasteiger partial charge < -0.3 is 8.54 Å². The quantitative estimate of drug-likeness (QED) is 0.658. The molecule has 0 saturated carbocycles. The molecule has 0 saturated heterocycles. The molecule has 0 aromatic rings. The van der Waals surface area contributed by atoms with Crippen molar-refractivity contribution in [1.82, 2.24) is 0 Å². The fourth-order valence-corrected chi connectivity index (χ4v) is 10.4. The minimum atomic E-state index is -2.02. The van der Waals surface area contributed by atoms with Crippen LogP contribution < -0.4 is 0 Å². The van der Waals surface area contributed by atoms with Crippen molar-refractivity contribution in [1.29, 1.82) is 0 Å². The Kier molecular flexibility index (Phi) is 5.75. The van der Waals surface area contributed by atoms with Gasteiger partial charge in [-0.05, 0) is 37.6 Å². The highest BCUT2D eigenvalue weighted by atomic mass is 28.4. The second-order valence-corrected chi connectivity index (χ2v) is 14.8. The Bertz CT molecular complexity index is 178. The third-order valence-electron chi connectivity index (χ3n) is 2.45. The van der Waals surface area contributed by atoms with Crippen LogP contribution in [0.25, 0.3) is 0 Å². The Morgan fingerprint density at radius 2 is 1.33 bits per heavy atom. The summed E-state index contributed by atoms with van der Waals surface area (Å²) in [7, 11) is -3.54. The third kappa shape index (κ3) is 4.38. The monoisotopic (exact) mass is 248 g/mol. The summed E-state index contributed by atoms with van der Waals surface area (Å²) in [6, 6.07) is 0. The van der Waals surface area contributed by atoms with Crippen LogP contribution in [0.3, 0.4) is 0 Å². The van der Waals surface area contributed by atoms with Crippen molar-refractivity contribution in [2.45, 2.75) is 65.3 Å². The van der Waals surface area contributed by atoms with Crippen LogP contribution in [0.1, 0.15) is 34.6 Å². The topological polar surface area (TPSA) is 18.5 Å². The first-order valence-electron chi connectivity index (χ1n) is 5.99. The van der Waals surface area contributed by atoms with Gasteiger partial charge in [0.05, 0.1) is 0 Å². The van der Waals surface area contributed by atoms with Crippen molar-refractivity contribution in [2.24, 2.45) is 0 Å². The van der Waals surface area contributed by atoms with Crippen molar-refractivity contribution < 1.29 is 8.54 Å². The van der Waals surface area contributed by atoms with Crippen molar-refractivity contribution in [3.8, 4) is 0 Å². The molecule has 2 nitrogen and oxygen atoms in total. The highest BCUT2D eigenvalue weighted by Crippen LogP contribution is 2.36. The van der Waals surface area contributed by atoms with Gasteiger partial charge in [-0.2, -0.15) is 0 Å². The highest BCUT2D eigenvalue weighted by Gasteiger charge is 2.47. The average Bonchev–Trinajstić information content (AvgIpc) is 1.99. The number of rotatable bonds is 6. The normalized spacial score (nSPS) is 14.0. The Morgan fingerprint density at radius 1 is 0.933 bits per heavy atom. The Labute approximate surface area is 97.7 Å². The predicted octanol–water partition coefficient (Wildman–Crippen LogP) is 4.14. The van der Waals surface area contributed by atoms with Gasteiger partial charge in [-0.25, -0.2) is 0 Å². The molecule has 0 bridgehead atoms. The summed E-state index contributed by atoms with van der Waals surface area (Å²) in [4.78, 5) is 0. The summed E-state index contributed by atoms with van der Waals surface area (Å²) < 4.78 is 12.5. The molecule has 0 N–H and O–H groups in total. The molecule has 0 amide bonds. The van der Waals surface area contributed by atoms with Crippen LogP contribution in [0.15, 0.2) is 0 Å². The highest BCUT2D eigenvalue weighted by molar-refractivity contribution is 6.83. The zero-order valence-corrected chi connectivity index (χ0v) is 13.7. The van der Waals surface area contributed by atoms with Crippen LogP contribution in [0.4, 0.5) is 0 Å². The van der Waals surface area contributed by atoms with Gasteiger partial charge in [0.1, 0.15) is 0 Å². The molecule has 0 spiro atoms. The van der Waals surface area contributed by atoms with E-state index in [2.05, 4.69) is 54.3 Å². The maximum Gasteiger partial charge on any atom is 0.333 e. The molecule has 0 atom stereocenters. The molecule has 4 heteroatoms. The minimum absolute atomic E-state index is 0.518. The van der Waals surface area contributed by atoms with Gasteiger partial charge in [-0.3, -0.25) is 0 Å². The van der Waals surface area contributed by atoms with E-state index in [0.29, 0.717) is 11.1 Å². The molecule has 0 aromatic carbocycles. The molecule has 15 heavy (non-hydrogen) atoms. The van der Waals surface area contributed by atoms with Gasteiger partial charge in [0.2, 0.25) is 0 Å². The van der Waals surface area contributed by atoms with Crippen molar-refractivity contribution in [3.05, 3.63) is 0 Å². The Balaban J connectivity index is 4.96. The zero-order valence-electron chi connectivity index (χ0n) is 11.7. The van der Waals surface area contributed by atoms with E-state index in [-0.39, 0.29) is 0 Å². The largest absolute Gasteiger partial charge is 0.436 e. The van der Waals surface area contributed by atoms with Crippen LogP contribution in [0.2, 0.25) is 30.7 Å². The molecule has 0 aliphatic carbocycles. The van der Waals surface area contributed by atoms with Crippen molar-refractivity contribution in [3.63, 3.8) is 0 Å². The maximum absolute atomic E-state index is 6.44. The van der Waals surface area contributed by atoms with Gasteiger partial charge in [-0.15, -0.1) is 0 Å². The van der Waals surface area contributed by atoms with E-state index in [1.165, 1.54) is 0 Å². The van der Waals surface area contributed by atoms with Crippen molar-refractivity contribution in [2.75, 3.05) is 6.61 Å². The fraction of sp³-hybridized carbons (Fsp3) is 1.00. The molecular weight excluding hydrogens is 220 g/mol. The van der Waals surface area contributed by atoms with E-state index in [0.717, 1.165) is 6.61 Å². The molecule has 0 aromatic heterocycles. The van der Waals surface area contributed by atoms with Gasteiger partial charge in [0, 0.05) is 6.61 Å². The first kappa shape index (κ1) is 15.4. The van der Waals surface area contributed by atoms with E-state index < -0.39 is 16.9 Å². The van der Waals surface area contributed by atoms with E-state index in [1.807, 2.05) is 0 Å². The first-order chi connectivity index (χ1) is 6.65. The number of hydrogen-bond donors (Lipinski definition) is 0. The second-order valence-electron chi connectivity index (χ2n) is 5.68. The summed E-state index contributed by atoms with van der Waals surface area (Å²) >= 11 is 0. The van der Waals surface area contributed by atoms with Gasteiger partial charge in [0.15, 0.2) is 8.32 Å². The van der Waals surface area contributed by atoms with Gasteiger partial charge in [0.25, 0.3) is 0 Å². The SMILES string of the molecule is CCO[Si](O[Si](C)(C)C)(C(C)C)C(C)C. The van der Waals surface area contributed by atoms with E-state index in [1.54, 1.807) is 0 Å². The summed E-state index contributed by atoms with van der Waals surface area (Å²) in [5.74, 6) is 0. The Hall–Kier alpha value is 0.354. The Morgan fingerprint density at radius 3 is 1.53 bits per heavy atom. The molecule has 0 aliphatic rings. The fourth-order valence-electron chi connectivity index (χ4n) is 1.97. The lowest BCUT2D eigenvalue weighted by Gasteiger charge is -2.42. The maximum atomic E-state index is 6.44. The van der Waals surface area contributed by atoms with Crippen LogP contribution in [0.5, 0.6) is 0 Å². The number of hydrogen-bond acceptors (Lipinski definition) is 2. The molecule has 0 unspecified atom stereocenters. The summed E-state index contributed by atoms with van der Waals surface area (Å²) in [6.45, 7) is 18.5. The molecular formula is C11H28O2Si2. The molecule has 0 fully saturated rings. The summed E-state index contributed by atoms with van der Waals surface area (Å²) in [5, 5.41) is 0. The minimum Gasteiger partial charge on any atom is -0.436 e. The van der Waals surface area contributed by atoms with Gasteiger partial charge >= 0.3 is 8.56 Å². The smallest absolute Gasteiger partial charge is 0.333 e. The molecule has 0 rings (SSSR count). The van der Waals surface area contributed by atoms with Crippen LogP contribution in [-0.4, -0.2) is 23.5 Å². The summed E-state index contributed by atoms with van der Waals surface area (Å²) in [6.07, 6.45) is 0. The van der Waals surface area contributed by atoms with Gasteiger partial charge in [-0.1, -0.05) is 27.7 Å². The molecule has 0 heterocycles. The summed E-state index contributed by atoms with van der Waals surface area (Å²) in [5.41, 5.74) is 1.04. The molecule has 0 radical (unpaired) electrons. The lowest BCUT2D eigenvalue weighted by atomic mass is 10.5. The molecule has 92 valence electrons. The lowest BCUT2D eigenvalue weighted by molar-refractivity contribution is 0.230. The predicted molar refractivity (Wildman–Crippen MR) is 72.0 cm³/mol. The van der Waals surface area contributed by atoms with Crippen LogP contribution >= 0.6 is 0 Å². The van der Waals surface area contributed by atoms with E-state index in [9.17, 15) is 0 Å². The van der Waals surface area contributed by atoms with Crippen LogP contribution in [0, 0.1) is 0 Å². The third-order valence-corrected chi connectivity index (χ3v) is 10.1. The average molecular weight is 249 g/mol. The standard InChI is InChI=1S/C11H28O2Si2/c1-9-12-15(10(2)3,11(4)5)13-14(6,7)8/h10-11H,9H2,1-8H3. The second kappa shape index (κ2) is 5.61. The lowest BCUT2D eigenvalue weighted by Crippen LogP contribution is -2.54. The van der Waals surface area contributed by atoms with E-state index >= 15 is 0 Å². The van der Waals surface area contributed by atoms with E-state index in [4.69, 9.17) is 8.54 Å². The van der Waals surface area contributed by atoms with Crippen LogP contribution in [-0.2, 0) is 8.54 Å². The molecule has 0 aliphatic heterocycles. The first-order valence-corrected chi connectivity index (χ1v) is 11.4. The van der Waals surface area contributed by atoms with Crippen molar-refractivity contribution >= 4 is 16.9 Å². The zero-order chi connectivity index (χ0) is 12.3.